The van der Waals surface area contributed by atoms with Crippen molar-refractivity contribution < 1.29 is 9.53 Å². The molecular formula is C11H15BN2O2. The highest BCUT2D eigenvalue weighted by molar-refractivity contribution is 6.04. The van der Waals surface area contributed by atoms with Gasteiger partial charge in [-0.1, -0.05) is 30.3 Å². The van der Waals surface area contributed by atoms with Gasteiger partial charge < -0.3 is 15.3 Å². The van der Waals surface area contributed by atoms with E-state index in [0.29, 0.717) is 13.0 Å². The zero-order valence-corrected chi connectivity index (χ0v) is 9.30. The maximum Gasteiger partial charge on any atom is 0.405 e. The third-order valence-corrected chi connectivity index (χ3v) is 2.17. The lowest BCUT2D eigenvalue weighted by Crippen LogP contribution is -2.22. The summed E-state index contributed by atoms with van der Waals surface area (Å²) in [4.78, 5) is 12.3. The Morgan fingerprint density at radius 3 is 2.62 bits per heavy atom. The van der Waals surface area contributed by atoms with Crippen LogP contribution in [0.2, 0.25) is 0 Å². The van der Waals surface area contributed by atoms with Gasteiger partial charge in [0.2, 0.25) is 0 Å². The molecule has 0 aromatic heterocycles. The third kappa shape index (κ3) is 4.36. The van der Waals surface area contributed by atoms with Gasteiger partial charge in [0.15, 0.2) is 7.98 Å². The molecule has 1 aromatic carbocycles. The van der Waals surface area contributed by atoms with E-state index in [0.717, 1.165) is 5.56 Å². The van der Waals surface area contributed by atoms with Crippen molar-refractivity contribution in [1.29, 1.82) is 0 Å². The predicted molar refractivity (Wildman–Crippen MR) is 62.9 cm³/mol. The van der Waals surface area contributed by atoms with E-state index >= 15 is 0 Å². The summed E-state index contributed by atoms with van der Waals surface area (Å²) in [6, 6.07) is 9.46. The molecule has 1 rings (SSSR count). The molecule has 0 fully saturated rings. The first-order valence-corrected chi connectivity index (χ1v) is 5.06. The Hall–Kier alpha value is -1.49. The number of carbonyl (C=O) groups excluding carboxylic acids is 1. The number of nitrogens with zero attached hydrogens (tertiary/aromatic N) is 1. The molecule has 1 atom stereocenters. The predicted octanol–water partition coefficient (Wildman–Crippen LogP) is 1.23. The van der Waals surface area contributed by atoms with Crippen molar-refractivity contribution >= 4 is 14.1 Å². The van der Waals surface area contributed by atoms with Crippen LogP contribution in [0, 0.1) is 0 Å². The Labute approximate surface area is 96.8 Å². The molecule has 1 aromatic rings. The fourth-order valence-corrected chi connectivity index (χ4v) is 1.42. The first-order chi connectivity index (χ1) is 7.59. The molecular weight excluding hydrogens is 203 g/mol. The van der Waals surface area contributed by atoms with E-state index in [-0.39, 0.29) is 6.10 Å². The Balaban J connectivity index is 2.67. The molecule has 0 spiro atoms. The fraction of sp³-hybridized carbons (Fsp3) is 0.364. The third-order valence-electron chi connectivity index (χ3n) is 2.17. The molecule has 1 amide bonds. The molecule has 0 aliphatic heterocycles. The Bertz CT molecular complexity index is 330. The van der Waals surface area contributed by atoms with Crippen LogP contribution in [-0.2, 0) is 4.74 Å². The molecule has 0 saturated carbocycles. The minimum Gasteiger partial charge on any atom is -0.441 e. The summed E-state index contributed by atoms with van der Waals surface area (Å²) >= 11 is 0. The highest BCUT2D eigenvalue weighted by Crippen LogP contribution is 2.20. The number of primary amides is 1. The first kappa shape index (κ1) is 12.6. The van der Waals surface area contributed by atoms with Crippen molar-refractivity contribution in [1.82, 2.24) is 4.81 Å². The number of carbonyl (C=O) groups is 1. The maximum atomic E-state index is 10.8. The average Bonchev–Trinajstić information content (AvgIpc) is 2.25. The van der Waals surface area contributed by atoms with Gasteiger partial charge in [0.25, 0.3) is 0 Å². The Morgan fingerprint density at radius 2 is 2.12 bits per heavy atom. The van der Waals surface area contributed by atoms with E-state index in [1.807, 2.05) is 30.3 Å². The second-order valence-corrected chi connectivity index (χ2v) is 3.61. The van der Waals surface area contributed by atoms with E-state index in [1.165, 1.54) is 0 Å². The topological polar surface area (TPSA) is 55.6 Å². The van der Waals surface area contributed by atoms with E-state index in [9.17, 15) is 4.79 Å². The molecule has 16 heavy (non-hydrogen) atoms. The summed E-state index contributed by atoms with van der Waals surface area (Å²) in [5, 5.41) is 0. The molecule has 4 nitrogen and oxygen atoms in total. The summed E-state index contributed by atoms with van der Waals surface area (Å²) in [5.41, 5.74) is 5.95. The van der Waals surface area contributed by atoms with Crippen molar-refractivity contribution in [3.05, 3.63) is 35.9 Å². The van der Waals surface area contributed by atoms with Gasteiger partial charge in [0.05, 0.1) is 0 Å². The molecule has 0 aliphatic carbocycles. The average molecular weight is 218 g/mol. The molecule has 0 saturated heterocycles. The molecule has 2 N–H and O–H groups in total. The lowest BCUT2D eigenvalue weighted by molar-refractivity contribution is 0.0986. The van der Waals surface area contributed by atoms with Crippen molar-refractivity contribution in [3.8, 4) is 0 Å². The van der Waals surface area contributed by atoms with Gasteiger partial charge in [-0.25, -0.2) is 4.79 Å². The van der Waals surface area contributed by atoms with Crippen LogP contribution >= 0.6 is 0 Å². The Kier molecular flexibility index (Phi) is 4.86. The Morgan fingerprint density at radius 1 is 1.50 bits per heavy atom. The van der Waals surface area contributed by atoms with E-state index in [4.69, 9.17) is 18.5 Å². The van der Waals surface area contributed by atoms with Crippen molar-refractivity contribution in [3.63, 3.8) is 0 Å². The van der Waals surface area contributed by atoms with Crippen LogP contribution in [0.25, 0.3) is 0 Å². The molecule has 0 aliphatic rings. The van der Waals surface area contributed by atoms with E-state index < -0.39 is 6.09 Å². The van der Waals surface area contributed by atoms with Crippen LogP contribution in [0.1, 0.15) is 18.1 Å². The van der Waals surface area contributed by atoms with E-state index in [2.05, 4.69) is 0 Å². The number of hydrogen-bond acceptors (Lipinski definition) is 3. The monoisotopic (exact) mass is 218 g/mol. The molecule has 2 radical (unpaired) electrons. The maximum absolute atomic E-state index is 10.8. The number of hydrogen-bond donors (Lipinski definition) is 1. The van der Waals surface area contributed by atoms with Crippen molar-refractivity contribution in [2.45, 2.75) is 12.5 Å². The summed E-state index contributed by atoms with van der Waals surface area (Å²) in [5.74, 6) is 0. The molecule has 5 heteroatoms. The quantitative estimate of drug-likeness (QED) is 0.756. The van der Waals surface area contributed by atoms with Gasteiger partial charge in [-0.3, -0.25) is 0 Å². The SMILES string of the molecule is [B]N(C)CCC(OC(N)=O)c1ccccc1. The molecule has 0 bridgehead atoms. The van der Waals surface area contributed by atoms with Gasteiger partial charge >= 0.3 is 6.09 Å². The summed E-state index contributed by atoms with van der Waals surface area (Å²) in [6.07, 6.45) is -0.502. The van der Waals surface area contributed by atoms with Crippen LogP contribution in [0.5, 0.6) is 0 Å². The summed E-state index contributed by atoms with van der Waals surface area (Å²) < 4.78 is 5.04. The van der Waals surface area contributed by atoms with Gasteiger partial charge in [-0.15, -0.1) is 0 Å². The first-order valence-electron chi connectivity index (χ1n) is 5.06. The second-order valence-electron chi connectivity index (χ2n) is 3.61. The number of amides is 1. The highest BCUT2D eigenvalue weighted by Gasteiger charge is 2.14. The van der Waals surface area contributed by atoms with Crippen LogP contribution in [0.3, 0.4) is 0 Å². The largest absolute Gasteiger partial charge is 0.441 e. The summed E-state index contributed by atoms with van der Waals surface area (Å²) in [6.45, 7) is 0.618. The highest BCUT2D eigenvalue weighted by atomic mass is 16.6. The van der Waals surface area contributed by atoms with Crippen LogP contribution in [0.4, 0.5) is 4.79 Å². The van der Waals surface area contributed by atoms with Gasteiger partial charge in [-0.2, -0.15) is 0 Å². The number of benzene rings is 1. The minimum absolute atomic E-state index is 0.343. The van der Waals surface area contributed by atoms with E-state index in [1.54, 1.807) is 11.9 Å². The molecule has 0 heterocycles. The standard InChI is InChI=1S/C11H15BN2O2/c1-14(12)8-7-10(16-11(13)15)9-5-3-2-4-6-9/h2-6,10H,7-8H2,1H3,(H2,13,15). The summed E-state index contributed by atoms with van der Waals surface area (Å²) in [7, 11) is 7.27. The molecule has 84 valence electrons. The normalized spacial score (nSPS) is 12.4. The lowest BCUT2D eigenvalue weighted by Gasteiger charge is -2.19. The van der Waals surface area contributed by atoms with Crippen molar-refractivity contribution in [2.75, 3.05) is 13.6 Å². The van der Waals surface area contributed by atoms with Crippen LogP contribution < -0.4 is 5.73 Å². The molecule has 1 unspecified atom stereocenters. The van der Waals surface area contributed by atoms with Crippen LogP contribution in [0.15, 0.2) is 30.3 Å². The minimum atomic E-state index is -0.770. The number of ether oxygens (including phenoxy) is 1. The number of rotatable bonds is 5. The van der Waals surface area contributed by atoms with Gasteiger partial charge in [0.1, 0.15) is 6.10 Å². The lowest BCUT2D eigenvalue weighted by atomic mass is 10.1. The van der Waals surface area contributed by atoms with Gasteiger partial charge in [0, 0.05) is 6.42 Å². The van der Waals surface area contributed by atoms with Crippen molar-refractivity contribution in [2.24, 2.45) is 5.73 Å². The second kappa shape index (κ2) is 6.17. The zero-order chi connectivity index (χ0) is 12.0. The van der Waals surface area contributed by atoms with Gasteiger partial charge in [-0.05, 0) is 19.2 Å². The smallest absolute Gasteiger partial charge is 0.405 e. The van der Waals surface area contributed by atoms with Crippen LogP contribution in [-0.4, -0.2) is 32.5 Å². The number of nitrogens with two attached hydrogens (primary N) is 1. The fourth-order valence-electron chi connectivity index (χ4n) is 1.42. The zero-order valence-electron chi connectivity index (χ0n) is 9.30.